The first-order chi connectivity index (χ1) is 15.4. The molecule has 1 aromatic rings. The van der Waals surface area contributed by atoms with Crippen LogP contribution in [0.25, 0.3) is 0 Å². The van der Waals surface area contributed by atoms with Crippen molar-refractivity contribution in [3.63, 3.8) is 0 Å². The fourth-order valence-corrected chi connectivity index (χ4v) is 9.87. The molecule has 5 heterocycles. The van der Waals surface area contributed by atoms with Crippen molar-refractivity contribution in [3.8, 4) is 5.75 Å². The maximum Gasteiger partial charge on any atom is 0.414 e. The van der Waals surface area contributed by atoms with E-state index in [-0.39, 0.29) is 11.8 Å². The number of Topliss-reactive ketones (excluding diaryl/α,β-unsaturated/α-hetero) is 1. The zero-order chi connectivity index (χ0) is 22.0. The fourth-order valence-electron chi connectivity index (χ4n) is 9.87. The number of amides is 1. The summed E-state index contributed by atoms with van der Waals surface area (Å²) < 4.78 is 17.4. The number of carbonyl (C=O) groups excluding carboxylic acids is 2. The minimum Gasteiger partial charge on any atom is -0.495 e. The summed E-state index contributed by atoms with van der Waals surface area (Å²) in [6.07, 6.45) is -1.12. The second-order valence-electron chi connectivity index (χ2n) is 10.5. The van der Waals surface area contributed by atoms with Gasteiger partial charge in [0, 0.05) is 18.0 Å². The van der Waals surface area contributed by atoms with Crippen LogP contribution in [0.1, 0.15) is 24.8 Å². The van der Waals surface area contributed by atoms with Gasteiger partial charge in [-0.3, -0.25) is 14.6 Å². The largest absolute Gasteiger partial charge is 0.495 e. The molecule has 1 amide bonds. The number of fused-ring (bicyclic) bond motifs is 2. The molecule has 10 atom stereocenters. The van der Waals surface area contributed by atoms with E-state index < -0.39 is 52.4 Å². The zero-order valence-corrected chi connectivity index (χ0v) is 17.8. The van der Waals surface area contributed by atoms with Gasteiger partial charge in [0.15, 0.2) is 11.4 Å². The first kappa shape index (κ1) is 18.3. The van der Waals surface area contributed by atoms with Crippen LogP contribution in [0, 0.1) is 11.3 Å². The molecule has 1 unspecified atom stereocenters. The molecule has 168 valence electrons. The SMILES string of the molecule is COC(=O)N1c2c(OC)cccc2[C@@]23[C@H]4C(=O)[C@@]5(O)[C@@H]6O[C@H]4N4CC[C@H](O)[C@]6(CC[C@]125)[C@H]43. The number of anilines is 1. The standard InChI is InChI=1S/C23H24N2O7/c1-30-11-5-3-4-10-14(11)25(19(28)31-2)21-8-7-20-12(26)6-9-24-16-13(22(10,21)17(20)24)15(27)23(21,29)18(20)32-16/h3-5,12-13,16-18,26,29H,6-9H2,1-2H3/t12-,13-,16+,17-,18+,20+,21-,22-,23+/m0/s1. The molecule has 32 heavy (non-hydrogen) atoms. The summed E-state index contributed by atoms with van der Waals surface area (Å²) in [5.74, 6) is -0.380. The molecule has 9 nitrogen and oxygen atoms in total. The number of hydrogen-bond acceptors (Lipinski definition) is 8. The van der Waals surface area contributed by atoms with E-state index in [0.717, 1.165) is 5.56 Å². The number of benzene rings is 1. The van der Waals surface area contributed by atoms with Crippen molar-refractivity contribution in [2.75, 3.05) is 25.7 Å². The highest BCUT2D eigenvalue weighted by molar-refractivity contribution is 6.09. The van der Waals surface area contributed by atoms with Gasteiger partial charge < -0.3 is 24.4 Å². The second-order valence-corrected chi connectivity index (χ2v) is 10.5. The first-order valence-electron chi connectivity index (χ1n) is 11.3. The Balaban J connectivity index is 1.58. The molecule has 9 heteroatoms. The van der Waals surface area contributed by atoms with E-state index in [2.05, 4.69) is 4.90 Å². The van der Waals surface area contributed by atoms with Gasteiger partial charge in [0.05, 0.1) is 37.3 Å². The lowest BCUT2D eigenvalue weighted by atomic mass is 9.38. The van der Waals surface area contributed by atoms with Gasteiger partial charge in [-0.1, -0.05) is 12.1 Å². The number of piperidine rings is 1. The van der Waals surface area contributed by atoms with Gasteiger partial charge in [-0.2, -0.15) is 0 Å². The summed E-state index contributed by atoms with van der Waals surface area (Å²) in [7, 11) is 2.86. The fraction of sp³-hybridized carbons (Fsp3) is 0.652. The Morgan fingerprint density at radius 2 is 2.09 bits per heavy atom. The molecule has 3 spiro atoms. The maximum atomic E-state index is 14.1. The van der Waals surface area contributed by atoms with Crippen molar-refractivity contribution in [2.24, 2.45) is 11.3 Å². The van der Waals surface area contributed by atoms with Crippen LogP contribution >= 0.6 is 0 Å². The van der Waals surface area contributed by atoms with Gasteiger partial charge in [-0.25, -0.2) is 4.79 Å². The minimum absolute atomic E-state index is 0.214. The predicted molar refractivity (Wildman–Crippen MR) is 107 cm³/mol. The molecule has 5 aliphatic heterocycles. The third-order valence-corrected chi connectivity index (χ3v) is 10.3. The number of carbonyl (C=O) groups is 2. The Hall–Kier alpha value is -2.20. The predicted octanol–water partition coefficient (Wildman–Crippen LogP) is 0.156. The van der Waals surface area contributed by atoms with Crippen LogP contribution in [0.4, 0.5) is 10.5 Å². The number of aliphatic hydroxyl groups is 2. The van der Waals surface area contributed by atoms with E-state index in [4.69, 9.17) is 14.2 Å². The molecule has 1 aromatic carbocycles. The van der Waals surface area contributed by atoms with Crippen molar-refractivity contribution in [3.05, 3.63) is 23.8 Å². The van der Waals surface area contributed by atoms with Crippen LogP contribution < -0.4 is 9.64 Å². The molecule has 8 fully saturated rings. The van der Waals surface area contributed by atoms with Gasteiger partial charge in [0.1, 0.15) is 23.6 Å². The van der Waals surface area contributed by atoms with Crippen LogP contribution in [0.3, 0.4) is 0 Å². The molecule has 0 aromatic heterocycles. The Morgan fingerprint density at radius 3 is 2.84 bits per heavy atom. The molecule has 9 bridgehead atoms. The van der Waals surface area contributed by atoms with E-state index >= 15 is 0 Å². The van der Waals surface area contributed by atoms with Gasteiger partial charge >= 0.3 is 6.09 Å². The second kappa shape index (κ2) is 4.84. The number of aliphatic hydroxyl groups excluding tert-OH is 1. The molecular weight excluding hydrogens is 416 g/mol. The van der Waals surface area contributed by atoms with E-state index in [9.17, 15) is 19.8 Å². The zero-order valence-electron chi connectivity index (χ0n) is 17.8. The van der Waals surface area contributed by atoms with Gasteiger partial charge in [0.25, 0.3) is 0 Å². The van der Waals surface area contributed by atoms with Crippen LogP contribution in [0.2, 0.25) is 0 Å². The van der Waals surface area contributed by atoms with Crippen LogP contribution in [0.5, 0.6) is 5.75 Å². The number of methoxy groups -OCH3 is 2. The average Bonchev–Trinajstić information content (AvgIpc) is 3.26. The molecule has 4 aliphatic carbocycles. The molecule has 9 aliphatic rings. The lowest BCUT2D eigenvalue weighted by molar-refractivity contribution is -0.350. The number of ether oxygens (including phenoxy) is 3. The molecule has 0 radical (unpaired) electrons. The van der Waals surface area contributed by atoms with Crippen molar-refractivity contribution in [1.82, 2.24) is 4.90 Å². The topological polar surface area (TPSA) is 109 Å². The molecular formula is C23H24N2O7. The van der Waals surface area contributed by atoms with Crippen LogP contribution in [-0.4, -0.2) is 83.4 Å². The molecule has 4 saturated heterocycles. The molecule has 2 N–H and O–H groups in total. The smallest absolute Gasteiger partial charge is 0.414 e. The van der Waals surface area contributed by atoms with Gasteiger partial charge in [0.2, 0.25) is 0 Å². The lowest BCUT2D eigenvalue weighted by Crippen LogP contribution is -2.91. The minimum atomic E-state index is -1.93. The number of hydrogen-bond donors (Lipinski definition) is 2. The Bertz CT molecular complexity index is 1160. The van der Waals surface area contributed by atoms with E-state index in [1.54, 1.807) is 13.2 Å². The number of nitrogens with zero attached hydrogens (tertiary/aromatic N) is 2. The first-order valence-corrected chi connectivity index (χ1v) is 11.3. The Morgan fingerprint density at radius 1 is 1.28 bits per heavy atom. The van der Waals surface area contributed by atoms with E-state index in [1.807, 2.05) is 12.1 Å². The van der Waals surface area contributed by atoms with Crippen molar-refractivity contribution >= 4 is 17.6 Å². The number of ketones is 1. The quantitative estimate of drug-likeness (QED) is 0.636. The highest BCUT2D eigenvalue weighted by atomic mass is 16.6. The number of rotatable bonds is 1. The van der Waals surface area contributed by atoms with Crippen LogP contribution in [0.15, 0.2) is 18.2 Å². The highest BCUT2D eigenvalue weighted by Crippen LogP contribution is 2.85. The van der Waals surface area contributed by atoms with Crippen molar-refractivity contribution < 1.29 is 34.0 Å². The average molecular weight is 440 g/mol. The van der Waals surface area contributed by atoms with Crippen LogP contribution in [-0.2, 0) is 19.7 Å². The Kier molecular flexibility index (Phi) is 2.76. The van der Waals surface area contributed by atoms with E-state index in [0.29, 0.717) is 37.2 Å². The van der Waals surface area contributed by atoms with E-state index in [1.165, 1.54) is 12.0 Å². The Labute approximate surface area is 183 Å². The summed E-state index contributed by atoms with van der Waals surface area (Å²) in [5.41, 5.74) is -3.45. The summed E-state index contributed by atoms with van der Waals surface area (Å²) in [4.78, 5) is 31.3. The van der Waals surface area contributed by atoms with Crippen molar-refractivity contribution in [2.45, 2.75) is 60.3 Å². The summed E-state index contributed by atoms with van der Waals surface area (Å²) in [5, 5.41) is 23.8. The normalized spacial score (nSPS) is 54.2. The summed E-state index contributed by atoms with van der Waals surface area (Å²) in [6.45, 7) is 0.614. The summed E-state index contributed by atoms with van der Waals surface area (Å²) in [6, 6.07) is 5.40. The lowest BCUT2D eigenvalue weighted by Gasteiger charge is -2.74. The third kappa shape index (κ3) is 1.22. The van der Waals surface area contributed by atoms with Gasteiger partial charge in [-0.05, 0) is 30.9 Å². The maximum absolute atomic E-state index is 14.1. The number of para-hydroxylation sites is 1. The monoisotopic (exact) mass is 440 g/mol. The highest BCUT2D eigenvalue weighted by Gasteiger charge is 3.01. The van der Waals surface area contributed by atoms with Gasteiger partial charge in [-0.15, -0.1) is 0 Å². The van der Waals surface area contributed by atoms with Crippen molar-refractivity contribution in [1.29, 1.82) is 0 Å². The molecule has 10 rings (SSSR count). The summed E-state index contributed by atoms with van der Waals surface area (Å²) >= 11 is 0. The molecule has 4 saturated carbocycles. The third-order valence-electron chi connectivity index (χ3n) is 10.3.